The van der Waals surface area contributed by atoms with Gasteiger partial charge in [-0.05, 0) is 80.5 Å². The molecule has 0 saturated carbocycles. The number of pyridine rings is 1. The molecule has 30 heavy (non-hydrogen) atoms. The Morgan fingerprint density at radius 2 is 1.60 bits per heavy atom. The van der Waals surface area contributed by atoms with E-state index in [9.17, 15) is 13.2 Å². The van der Waals surface area contributed by atoms with Gasteiger partial charge in [0.05, 0.1) is 5.56 Å². The lowest BCUT2D eigenvalue weighted by atomic mass is 10.1. The molecule has 8 heteroatoms. The van der Waals surface area contributed by atoms with Crippen LogP contribution in [0.25, 0.3) is 0 Å². The maximum atomic E-state index is 12.6. The Bertz CT molecular complexity index is 797. The van der Waals surface area contributed by atoms with Crippen molar-refractivity contribution in [1.29, 1.82) is 0 Å². The predicted molar refractivity (Wildman–Crippen MR) is 116 cm³/mol. The summed E-state index contributed by atoms with van der Waals surface area (Å²) >= 11 is 1.78. The van der Waals surface area contributed by atoms with Crippen LogP contribution in [0.3, 0.4) is 0 Å². The van der Waals surface area contributed by atoms with Crippen molar-refractivity contribution in [3.05, 3.63) is 48.2 Å². The number of hydrogen-bond acceptors (Lipinski definition) is 5. The molecule has 0 unspecified atom stereocenters. The molecule has 0 radical (unpaired) electrons. The van der Waals surface area contributed by atoms with Gasteiger partial charge in [0.25, 0.3) is 0 Å². The number of piperidine rings is 2. The van der Waals surface area contributed by atoms with Crippen LogP contribution in [-0.2, 0) is 6.18 Å². The highest BCUT2D eigenvalue weighted by Crippen LogP contribution is 2.31. The van der Waals surface area contributed by atoms with Gasteiger partial charge in [0.2, 0.25) is 0 Å². The molecule has 2 aromatic rings. The number of rotatable bonds is 5. The summed E-state index contributed by atoms with van der Waals surface area (Å²) in [4.78, 5) is 7.62. The Morgan fingerprint density at radius 1 is 0.900 bits per heavy atom. The molecule has 0 atom stereocenters. The quantitative estimate of drug-likeness (QED) is 0.610. The standard InChI is InChI=1S/C22H27F3N4S/c23-22(24,25)17-4-9-21(26-16-17)27-18-10-14-29(15-11-18)30-20-7-5-19(6-8-20)28-12-2-1-3-13-28/h4-9,16,18H,1-3,10-15H2,(H,26,27). The minimum absolute atomic E-state index is 0.229. The number of aromatic nitrogens is 1. The molecule has 1 aromatic carbocycles. The third-order valence-corrected chi connectivity index (χ3v) is 6.80. The van der Waals surface area contributed by atoms with E-state index in [1.807, 2.05) is 0 Å². The average molecular weight is 437 g/mol. The van der Waals surface area contributed by atoms with Crippen molar-refractivity contribution in [3.8, 4) is 0 Å². The zero-order chi connectivity index (χ0) is 21.0. The molecule has 1 N–H and O–H groups in total. The molecule has 4 rings (SSSR count). The van der Waals surface area contributed by atoms with Crippen molar-refractivity contribution < 1.29 is 13.2 Å². The smallest absolute Gasteiger partial charge is 0.372 e. The third-order valence-electron chi connectivity index (χ3n) is 5.69. The highest BCUT2D eigenvalue weighted by atomic mass is 32.2. The van der Waals surface area contributed by atoms with Gasteiger partial charge in [0.15, 0.2) is 0 Å². The lowest BCUT2D eigenvalue weighted by Gasteiger charge is -2.32. The lowest BCUT2D eigenvalue weighted by molar-refractivity contribution is -0.137. The Kier molecular flexibility index (Phi) is 6.73. The third kappa shape index (κ3) is 5.60. The molecular formula is C22H27F3N4S. The van der Waals surface area contributed by atoms with E-state index < -0.39 is 11.7 Å². The first-order valence-corrected chi connectivity index (χ1v) is 11.3. The molecule has 162 valence electrons. The Morgan fingerprint density at radius 3 is 2.20 bits per heavy atom. The van der Waals surface area contributed by atoms with Crippen LogP contribution in [0.15, 0.2) is 47.5 Å². The Labute approximate surface area is 180 Å². The summed E-state index contributed by atoms with van der Waals surface area (Å²) in [6, 6.07) is 11.6. The first-order chi connectivity index (χ1) is 14.5. The zero-order valence-corrected chi connectivity index (χ0v) is 17.7. The van der Waals surface area contributed by atoms with E-state index in [4.69, 9.17) is 0 Å². The topological polar surface area (TPSA) is 31.4 Å². The van der Waals surface area contributed by atoms with Gasteiger partial charge in [-0.1, -0.05) is 0 Å². The molecule has 2 aliphatic heterocycles. The first kappa shape index (κ1) is 21.3. The molecule has 2 aliphatic rings. The van der Waals surface area contributed by atoms with Gasteiger partial charge in [-0.15, -0.1) is 0 Å². The second-order valence-corrected chi connectivity index (χ2v) is 9.08. The lowest BCUT2D eigenvalue weighted by Crippen LogP contribution is -2.35. The second kappa shape index (κ2) is 9.47. The van der Waals surface area contributed by atoms with Crippen LogP contribution in [0.4, 0.5) is 24.7 Å². The van der Waals surface area contributed by atoms with E-state index in [0.717, 1.165) is 51.3 Å². The maximum Gasteiger partial charge on any atom is 0.417 e. The fraction of sp³-hybridized carbons (Fsp3) is 0.500. The number of benzene rings is 1. The zero-order valence-electron chi connectivity index (χ0n) is 16.9. The minimum Gasteiger partial charge on any atom is -0.372 e. The van der Waals surface area contributed by atoms with E-state index in [2.05, 4.69) is 43.8 Å². The van der Waals surface area contributed by atoms with E-state index in [1.165, 1.54) is 35.9 Å². The summed E-state index contributed by atoms with van der Waals surface area (Å²) in [7, 11) is 0. The normalized spacial score (nSPS) is 19.1. The predicted octanol–water partition coefficient (Wildman–Crippen LogP) is 5.67. The van der Waals surface area contributed by atoms with Crippen molar-refractivity contribution in [2.45, 2.75) is 49.2 Å². The first-order valence-electron chi connectivity index (χ1n) is 10.5. The molecular weight excluding hydrogens is 409 g/mol. The number of anilines is 2. The summed E-state index contributed by atoms with van der Waals surface area (Å²) in [5, 5.41) is 3.27. The van der Waals surface area contributed by atoms with Crippen LogP contribution in [0.2, 0.25) is 0 Å². The van der Waals surface area contributed by atoms with Gasteiger partial charge in [0.1, 0.15) is 5.82 Å². The molecule has 2 saturated heterocycles. The van der Waals surface area contributed by atoms with Crippen LogP contribution >= 0.6 is 11.9 Å². The van der Waals surface area contributed by atoms with Crippen molar-refractivity contribution in [1.82, 2.24) is 9.29 Å². The van der Waals surface area contributed by atoms with Crippen molar-refractivity contribution in [3.63, 3.8) is 0 Å². The Hall–Kier alpha value is -1.93. The van der Waals surface area contributed by atoms with E-state index in [1.54, 1.807) is 11.9 Å². The maximum absolute atomic E-state index is 12.6. The average Bonchev–Trinajstić information content (AvgIpc) is 2.76. The SMILES string of the molecule is FC(F)(F)c1ccc(NC2CCN(Sc3ccc(N4CCCCC4)cc3)CC2)nc1. The van der Waals surface area contributed by atoms with Gasteiger partial charge >= 0.3 is 6.18 Å². The molecule has 0 spiro atoms. The highest BCUT2D eigenvalue weighted by molar-refractivity contribution is 7.97. The van der Waals surface area contributed by atoms with Gasteiger partial charge in [-0.3, -0.25) is 0 Å². The molecule has 3 heterocycles. The summed E-state index contributed by atoms with van der Waals surface area (Å²) in [5.41, 5.74) is 0.594. The number of halogens is 3. The van der Waals surface area contributed by atoms with E-state index in [-0.39, 0.29) is 6.04 Å². The minimum atomic E-state index is -4.35. The molecule has 0 bridgehead atoms. The van der Waals surface area contributed by atoms with Crippen LogP contribution < -0.4 is 10.2 Å². The number of nitrogens with one attached hydrogen (secondary N) is 1. The van der Waals surface area contributed by atoms with Gasteiger partial charge in [0, 0.05) is 49.0 Å². The summed E-state index contributed by atoms with van der Waals surface area (Å²) < 4.78 is 40.3. The highest BCUT2D eigenvalue weighted by Gasteiger charge is 2.30. The summed E-state index contributed by atoms with van der Waals surface area (Å²) in [5.74, 6) is 0.502. The van der Waals surface area contributed by atoms with Crippen LogP contribution in [-0.4, -0.2) is 41.5 Å². The van der Waals surface area contributed by atoms with Gasteiger partial charge in [-0.25, -0.2) is 9.29 Å². The molecule has 0 amide bonds. The van der Waals surface area contributed by atoms with Crippen LogP contribution in [0.1, 0.15) is 37.7 Å². The Balaban J connectivity index is 1.23. The fourth-order valence-corrected chi connectivity index (χ4v) is 4.92. The summed E-state index contributed by atoms with van der Waals surface area (Å²) in [6.07, 6.45) is 2.30. The van der Waals surface area contributed by atoms with Crippen molar-refractivity contribution >= 4 is 23.5 Å². The van der Waals surface area contributed by atoms with Crippen LogP contribution in [0.5, 0.6) is 0 Å². The van der Waals surface area contributed by atoms with Gasteiger partial charge in [-0.2, -0.15) is 13.2 Å². The van der Waals surface area contributed by atoms with Crippen LogP contribution in [0, 0.1) is 0 Å². The monoisotopic (exact) mass is 436 g/mol. The molecule has 2 fully saturated rings. The number of hydrogen-bond donors (Lipinski definition) is 1. The summed E-state index contributed by atoms with van der Waals surface area (Å²) in [6.45, 7) is 4.16. The number of nitrogens with zero attached hydrogens (tertiary/aromatic N) is 3. The van der Waals surface area contributed by atoms with E-state index >= 15 is 0 Å². The molecule has 0 aliphatic carbocycles. The van der Waals surface area contributed by atoms with E-state index in [0.29, 0.717) is 5.82 Å². The largest absolute Gasteiger partial charge is 0.417 e. The molecule has 1 aromatic heterocycles. The van der Waals surface area contributed by atoms with Gasteiger partial charge < -0.3 is 10.2 Å². The second-order valence-electron chi connectivity index (χ2n) is 7.91. The number of alkyl halides is 3. The van der Waals surface area contributed by atoms with Crippen molar-refractivity contribution in [2.75, 3.05) is 36.4 Å². The molecule has 4 nitrogen and oxygen atoms in total. The fourth-order valence-electron chi connectivity index (χ4n) is 3.97. The van der Waals surface area contributed by atoms with Crippen molar-refractivity contribution in [2.24, 2.45) is 0 Å².